The molecule has 27 heavy (non-hydrogen) atoms. The molecule has 2 atom stereocenters. The fraction of sp³-hybridized carbons (Fsp3) is 0.524. The summed E-state index contributed by atoms with van der Waals surface area (Å²) >= 11 is 0. The summed E-state index contributed by atoms with van der Waals surface area (Å²) in [5.41, 5.74) is 0.802. The Kier molecular flexibility index (Phi) is 6.74. The second kappa shape index (κ2) is 9.44. The van der Waals surface area contributed by atoms with Gasteiger partial charge in [-0.15, -0.1) is 0 Å². The van der Waals surface area contributed by atoms with Gasteiger partial charge in [0, 0.05) is 18.5 Å². The Morgan fingerprint density at radius 2 is 1.93 bits per heavy atom. The smallest absolute Gasteiger partial charge is 0.331 e. The van der Waals surface area contributed by atoms with Crippen molar-refractivity contribution >= 4 is 18.0 Å². The van der Waals surface area contributed by atoms with Crippen molar-refractivity contribution in [2.45, 2.75) is 45.1 Å². The molecule has 146 valence electrons. The third-order valence-corrected chi connectivity index (χ3v) is 4.99. The molecule has 0 bridgehead atoms. The molecular weight excluding hydrogens is 346 g/mol. The summed E-state index contributed by atoms with van der Waals surface area (Å²) in [5.74, 6) is 1.06. The van der Waals surface area contributed by atoms with Crippen molar-refractivity contribution in [1.29, 1.82) is 0 Å². The maximum atomic E-state index is 12.0. The molecule has 1 heterocycles. The van der Waals surface area contributed by atoms with Gasteiger partial charge in [0.25, 0.3) is 5.91 Å². The largest absolute Gasteiger partial charge is 0.490 e. The first-order chi connectivity index (χ1) is 13.1. The second-order valence-corrected chi connectivity index (χ2v) is 7.13. The molecular formula is C21H27NO5. The van der Waals surface area contributed by atoms with Crippen LogP contribution in [0.25, 0.3) is 6.08 Å². The number of benzene rings is 1. The van der Waals surface area contributed by atoms with E-state index in [2.05, 4.69) is 12.2 Å². The Balaban J connectivity index is 1.46. The molecule has 0 aromatic heterocycles. The highest BCUT2D eigenvalue weighted by Gasteiger charge is 2.22. The third-order valence-electron chi connectivity index (χ3n) is 4.99. The van der Waals surface area contributed by atoms with Crippen molar-refractivity contribution in [2.75, 3.05) is 19.8 Å². The molecule has 1 aromatic rings. The van der Waals surface area contributed by atoms with E-state index in [1.165, 1.54) is 12.5 Å². The maximum absolute atomic E-state index is 12.0. The van der Waals surface area contributed by atoms with Gasteiger partial charge in [-0.3, -0.25) is 4.79 Å². The van der Waals surface area contributed by atoms with Crippen LogP contribution >= 0.6 is 0 Å². The number of nitrogens with one attached hydrogen (secondary N) is 1. The quantitative estimate of drug-likeness (QED) is 0.634. The summed E-state index contributed by atoms with van der Waals surface area (Å²) in [7, 11) is 0. The topological polar surface area (TPSA) is 73.9 Å². The highest BCUT2D eigenvalue weighted by atomic mass is 16.5. The SMILES string of the molecule is C[C@H]1CCCC[C@H]1NC(=O)COC(=O)/C=C/c1ccc2c(c1)OCCCO2. The lowest BCUT2D eigenvalue weighted by Gasteiger charge is -2.29. The maximum Gasteiger partial charge on any atom is 0.331 e. The summed E-state index contributed by atoms with van der Waals surface area (Å²) in [6, 6.07) is 5.67. The summed E-state index contributed by atoms with van der Waals surface area (Å²) in [5, 5.41) is 2.97. The molecule has 1 amide bonds. The summed E-state index contributed by atoms with van der Waals surface area (Å²) in [6.45, 7) is 3.13. The van der Waals surface area contributed by atoms with Gasteiger partial charge in [0.1, 0.15) is 0 Å². The molecule has 0 radical (unpaired) electrons. The standard InChI is InChI=1S/C21H27NO5/c1-15-5-2-3-6-17(15)22-20(23)14-27-21(24)10-8-16-7-9-18-19(13-16)26-12-4-11-25-18/h7-10,13,15,17H,2-6,11-12,14H2,1H3,(H,22,23)/b10-8+/t15-,17+/m0/s1. The van der Waals surface area contributed by atoms with Crippen molar-refractivity contribution in [2.24, 2.45) is 5.92 Å². The fourth-order valence-electron chi connectivity index (χ4n) is 3.41. The molecule has 1 aromatic carbocycles. The van der Waals surface area contributed by atoms with E-state index in [9.17, 15) is 9.59 Å². The zero-order chi connectivity index (χ0) is 19.1. The van der Waals surface area contributed by atoms with Crippen molar-refractivity contribution in [1.82, 2.24) is 5.32 Å². The number of fused-ring (bicyclic) bond motifs is 1. The Hall–Kier alpha value is -2.50. The molecule has 0 spiro atoms. The van der Waals surface area contributed by atoms with Crippen molar-refractivity contribution in [3.05, 3.63) is 29.8 Å². The van der Waals surface area contributed by atoms with Crippen LogP contribution in [0, 0.1) is 5.92 Å². The first-order valence-corrected chi connectivity index (χ1v) is 9.65. The van der Waals surface area contributed by atoms with Crippen LogP contribution in [0.5, 0.6) is 11.5 Å². The van der Waals surface area contributed by atoms with E-state index in [0.29, 0.717) is 30.6 Å². The molecule has 1 aliphatic carbocycles. The Labute approximate surface area is 159 Å². The summed E-state index contributed by atoms with van der Waals surface area (Å²) in [6.07, 6.45) is 8.26. The number of amides is 1. The Morgan fingerprint density at radius 1 is 1.15 bits per heavy atom. The number of rotatable bonds is 5. The first-order valence-electron chi connectivity index (χ1n) is 9.65. The normalized spacial score (nSPS) is 22.1. The van der Waals surface area contributed by atoms with Gasteiger partial charge in [0.2, 0.25) is 0 Å². The molecule has 2 aliphatic rings. The lowest BCUT2D eigenvalue weighted by molar-refractivity contribution is -0.144. The van der Waals surface area contributed by atoms with Gasteiger partial charge in [-0.1, -0.05) is 25.8 Å². The minimum Gasteiger partial charge on any atom is -0.490 e. The summed E-state index contributed by atoms with van der Waals surface area (Å²) < 4.78 is 16.2. The van der Waals surface area contributed by atoms with Crippen LogP contribution < -0.4 is 14.8 Å². The van der Waals surface area contributed by atoms with Crippen LogP contribution in [0.2, 0.25) is 0 Å². The van der Waals surface area contributed by atoms with Gasteiger partial charge >= 0.3 is 5.97 Å². The Bertz CT molecular complexity index is 700. The van der Waals surface area contributed by atoms with Crippen molar-refractivity contribution in [3.63, 3.8) is 0 Å². The van der Waals surface area contributed by atoms with Crippen LogP contribution in [0.3, 0.4) is 0 Å². The lowest BCUT2D eigenvalue weighted by Crippen LogP contribution is -2.42. The molecule has 3 rings (SSSR count). The molecule has 0 unspecified atom stereocenters. The van der Waals surface area contributed by atoms with Crippen LogP contribution in [0.1, 0.15) is 44.6 Å². The van der Waals surface area contributed by atoms with Gasteiger partial charge < -0.3 is 19.5 Å². The van der Waals surface area contributed by atoms with Crippen LogP contribution in [-0.4, -0.2) is 37.7 Å². The molecule has 1 N–H and O–H groups in total. The van der Waals surface area contributed by atoms with Crippen molar-refractivity contribution < 1.29 is 23.8 Å². The zero-order valence-corrected chi connectivity index (χ0v) is 15.7. The fourth-order valence-corrected chi connectivity index (χ4v) is 3.41. The van der Waals surface area contributed by atoms with E-state index in [-0.39, 0.29) is 18.6 Å². The average molecular weight is 373 g/mol. The Morgan fingerprint density at radius 3 is 2.74 bits per heavy atom. The number of ether oxygens (including phenoxy) is 3. The van der Waals surface area contributed by atoms with Gasteiger partial charge in [-0.05, 0) is 42.5 Å². The molecule has 1 saturated carbocycles. The first kappa shape index (κ1) is 19.3. The minimum absolute atomic E-state index is 0.183. The van der Waals surface area contributed by atoms with E-state index in [4.69, 9.17) is 14.2 Å². The number of hydrogen-bond acceptors (Lipinski definition) is 5. The van der Waals surface area contributed by atoms with E-state index in [0.717, 1.165) is 31.2 Å². The molecule has 6 nitrogen and oxygen atoms in total. The second-order valence-electron chi connectivity index (χ2n) is 7.13. The predicted octanol–water partition coefficient (Wildman–Crippen LogP) is 3.10. The van der Waals surface area contributed by atoms with Crippen LogP contribution in [-0.2, 0) is 14.3 Å². The average Bonchev–Trinajstić information content (AvgIpc) is 2.91. The number of esters is 1. The minimum atomic E-state index is -0.547. The number of carbonyl (C=O) groups is 2. The van der Waals surface area contributed by atoms with Gasteiger partial charge in [-0.2, -0.15) is 0 Å². The van der Waals surface area contributed by atoms with Gasteiger partial charge in [-0.25, -0.2) is 4.79 Å². The molecule has 1 fully saturated rings. The van der Waals surface area contributed by atoms with Crippen molar-refractivity contribution in [3.8, 4) is 11.5 Å². The van der Waals surface area contributed by atoms with E-state index in [1.807, 2.05) is 18.2 Å². The van der Waals surface area contributed by atoms with Gasteiger partial charge in [0.05, 0.1) is 13.2 Å². The van der Waals surface area contributed by atoms with E-state index >= 15 is 0 Å². The molecule has 0 saturated heterocycles. The monoisotopic (exact) mass is 373 g/mol. The number of carbonyl (C=O) groups excluding carboxylic acids is 2. The molecule has 6 heteroatoms. The highest BCUT2D eigenvalue weighted by molar-refractivity contribution is 5.89. The third kappa shape index (κ3) is 5.74. The van der Waals surface area contributed by atoms with Crippen LogP contribution in [0.15, 0.2) is 24.3 Å². The summed E-state index contributed by atoms with van der Waals surface area (Å²) in [4.78, 5) is 23.9. The predicted molar refractivity (Wildman–Crippen MR) is 102 cm³/mol. The highest BCUT2D eigenvalue weighted by Crippen LogP contribution is 2.30. The number of hydrogen-bond donors (Lipinski definition) is 1. The van der Waals surface area contributed by atoms with Gasteiger partial charge in [0.15, 0.2) is 18.1 Å². The lowest BCUT2D eigenvalue weighted by atomic mass is 9.86. The van der Waals surface area contributed by atoms with E-state index < -0.39 is 5.97 Å². The van der Waals surface area contributed by atoms with Crippen LogP contribution in [0.4, 0.5) is 0 Å². The molecule has 1 aliphatic heterocycles. The van der Waals surface area contributed by atoms with E-state index in [1.54, 1.807) is 6.08 Å². The zero-order valence-electron chi connectivity index (χ0n) is 15.7.